The van der Waals surface area contributed by atoms with E-state index in [0.717, 1.165) is 15.6 Å². The molecule has 0 nitrogen and oxygen atoms in total. The minimum Gasteiger partial charge on any atom is -0.113 e. The largest absolute Gasteiger partial charge is 0.113 e. The maximum Gasteiger partial charge on any atom is 0.0835 e. The fourth-order valence-corrected chi connectivity index (χ4v) is 2.20. The lowest BCUT2D eigenvalue weighted by Gasteiger charge is -2.11. The van der Waals surface area contributed by atoms with Crippen LogP contribution in [0.1, 0.15) is 16.5 Å². The lowest BCUT2D eigenvalue weighted by molar-refractivity contribution is 1.14. The smallest absolute Gasteiger partial charge is 0.0835 e. The van der Waals surface area contributed by atoms with Crippen molar-refractivity contribution in [1.29, 1.82) is 0 Å². The van der Waals surface area contributed by atoms with Crippen molar-refractivity contribution >= 4 is 39.1 Å². The van der Waals surface area contributed by atoms with Gasteiger partial charge in [-0.05, 0) is 39.2 Å². The van der Waals surface area contributed by atoms with Gasteiger partial charge in [-0.25, -0.2) is 0 Å². The van der Waals surface area contributed by atoms with Crippen molar-refractivity contribution in [2.75, 3.05) is 0 Å². The average molecular weight is 316 g/mol. The Balaban J connectivity index is 2.34. The van der Waals surface area contributed by atoms with Gasteiger partial charge in [0, 0.05) is 4.47 Å². The molecule has 16 heavy (non-hydrogen) atoms. The van der Waals surface area contributed by atoms with Crippen LogP contribution in [0.3, 0.4) is 0 Å². The maximum atomic E-state index is 6.38. The highest BCUT2D eigenvalue weighted by Crippen LogP contribution is 2.32. The van der Waals surface area contributed by atoms with E-state index in [1.54, 1.807) is 0 Å². The molecule has 0 radical (unpaired) electrons. The van der Waals surface area contributed by atoms with Gasteiger partial charge in [0.1, 0.15) is 0 Å². The molecule has 0 aliphatic rings. The number of halogens is 3. The third kappa shape index (κ3) is 2.60. The minimum absolute atomic E-state index is 0.160. The van der Waals surface area contributed by atoms with Crippen LogP contribution in [0.4, 0.5) is 0 Å². The number of rotatable bonds is 2. The predicted octanol–water partition coefficient (Wildman–Crippen LogP) is 5.43. The van der Waals surface area contributed by atoms with Gasteiger partial charge in [-0.2, -0.15) is 0 Å². The standard InChI is InChI=1S/C13H9BrCl2/c14-11-7-6-10(8-12(11)15)13(16)9-4-2-1-3-5-9/h1-8,13H. The highest BCUT2D eigenvalue weighted by molar-refractivity contribution is 9.10. The summed E-state index contributed by atoms with van der Waals surface area (Å²) in [5.41, 5.74) is 2.07. The summed E-state index contributed by atoms with van der Waals surface area (Å²) in [4.78, 5) is 0. The van der Waals surface area contributed by atoms with Crippen LogP contribution in [0.2, 0.25) is 5.02 Å². The number of hydrogen-bond acceptors (Lipinski definition) is 0. The molecule has 0 amide bonds. The molecule has 0 spiro atoms. The van der Waals surface area contributed by atoms with Gasteiger partial charge < -0.3 is 0 Å². The Morgan fingerprint density at radius 3 is 2.25 bits per heavy atom. The van der Waals surface area contributed by atoms with Crippen molar-refractivity contribution in [2.45, 2.75) is 5.38 Å². The second-order valence-electron chi connectivity index (χ2n) is 3.45. The highest BCUT2D eigenvalue weighted by Gasteiger charge is 2.11. The summed E-state index contributed by atoms with van der Waals surface area (Å²) in [5, 5.41) is 0.519. The predicted molar refractivity (Wildman–Crippen MR) is 73.3 cm³/mol. The quantitative estimate of drug-likeness (QED) is 0.648. The first-order valence-corrected chi connectivity index (χ1v) is 6.43. The summed E-state index contributed by atoms with van der Waals surface area (Å²) < 4.78 is 0.884. The van der Waals surface area contributed by atoms with Crippen molar-refractivity contribution in [3.05, 3.63) is 69.2 Å². The Hall–Kier alpha value is -0.500. The fraction of sp³-hybridized carbons (Fsp3) is 0.0769. The summed E-state index contributed by atoms with van der Waals surface area (Å²) in [6, 6.07) is 15.7. The second kappa shape index (κ2) is 5.22. The molecule has 0 fully saturated rings. The van der Waals surface area contributed by atoms with Crippen LogP contribution in [0.15, 0.2) is 53.0 Å². The van der Waals surface area contributed by atoms with Gasteiger partial charge in [0.15, 0.2) is 0 Å². The Labute approximate surface area is 113 Å². The average Bonchev–Trinajstić information content (AvgIpc) is 2.33. The molecule has 2 rings (SSSR count). The van der Waals surface area contributed by atoms with Gasteiger partial charge in [0.05, 0.1) is 10.4 Å². The molecule has 0 aliphatic heterocycles. The van der Waals surface area contributed by atoms with E-state index in [-0.39, 0.29) is 5.38 Å². The van der Waals surface area contributed by atoms with E-state index in [4.69, 9.17) is 23.2 Å². The molecule has 1 atom stereocenters. The van der Waals surface area contributed by atoms with Gasteiger partial charge >= 0.3 is 0 Å². The fourth-order valence-electron chi connectivity index (χ4n) is 1.48. The molecular formula is C13H9BrCl2. The first kappa shape index (κ1) is 12.0. The molecule has 0 bridgehead atoms. The minimum atomic E-state index is -0.160. The van der Waals surface area contributed by atoms with Gasteiger partial charge in [-0.15, -0.1) is 11.6 Å². The first-order valence-electron chi connectivity index (χ1n) is 4.82. The van der Waals surface area contributed by atoms with E-state index in [0.29, 0.717) is 5.02 Å². The van der Waals surface area contributed by atoms with Gasteiger partial charge in [-0.3, -0.25) is 0 Å². The molecule has 2 aromatic rings. The summed E-state index contributed by atoms with van der Waals surface area (Å²) in [5.74, 6) is 0. The van der Waals surface area contributed by atoms with E-state index in [1.807, 2.05) is 48.5 Å². The van der Waals surface area contributed by atoms with Crippen LogP contribution in [-0.2, 0) is 0 Å². The Bertz CT molecular complexity index is 483. The normalized spacial score (nSPS) is 12.4. The summed E-state index contributed by atoms with van der Waals surface area (Å²) >= 11 is 15.8. The van der Waals surface area contributed by atoms with Gasteiger partial charge in [0.25, 0.3) is 0 Å². The molecule has 2 aromatic carbocycles. The van der Waals surface area contributed by atoms with E-state index in [2.05, 4.69) is 15.9 Å². The Kier molecular flexibility index (Phi) is 3.91. The topological polar surface area (TPSA) is 0 Å². The lowest BCUT2D eigenvalue weighted by atomic mass is 10.0. The van der Waals surface area contributed by atoms with Crippen molar-refractivity contribution in [2.24, 2.45) is 0 Å². The molecule has 82 valence electrons. The summed E-state index contributed by atoms with van der Waals surface area (Å²) in [6.45, 7) is 0. The molecule has 0 aromatic heterocycles. The van der Waals surface area contributed by atoms with Crippen molar-refractivity contribution in [1.82, 2.24) is 0 Å². The number of hydrogen-bond donors (Lipinski definition) is 0. The van der Waals surface area contributed by atoms with E-state index in [9.17, 15) is 0 Å². The Morgan fingerprint density at radius 1 is 0.938 bits per heavy atom. The van der Waals surface area contributed by atoms with Crippen LogP contribution in [0, 0.1) is 0 Å². The van der Waals surface area contributed by atoms with Crippen LogP contribution in [0.5, 0.6) is 0 Å². The molecule has 0 saturated heterocycles. The van der Waals surface area contributed by atoms with Gasteiger partial charge in [-0.1, -0.05) is 48.0 Å². The molecule has 0 aliphatic carbocycles. The van der Waals surface area contributed by atoms with E-state index < -0.39 is 0 Å². The van der Waals surface area contributed by atoms with Crippen LogP contribution < -0.4 is 0 Å². The molecule has 0 saturated carbocycles. The zero-order valence-electron chi connectivity index (χ0n) is 8.33. The van der Waals surface area contributed by atoms with Crippen LogP contribution >= 0.6 is 39.1 Å². The molecule has 0 heterocycles. The first-order chi connectivity index (χ1) is 7.68. The lowest BCUT2D eigenvalue weighted by Crippen LogP contribution is -1.92. The molecule has 3 heteroatoms. The molecular weight excluding hydrogens is 307 g/mol. The highest BCUT2D eigenvalue weighted by atomic mass is 79.9. The monoisotopic (exact) mass is 314 g/mol. The third-order valence-corrected chi connectivity index (χ3v) is 4.06. The number of alkyl halides is 1. The van der Waals surface area contributed by atoms with Crippen LogP contribution in [-0.4, -0.2) is 0 Å². The van der Waals surface area contributed by atoms with Crippen LogP contribution in [0.25, 0.3) is 0 Å². The van der Waals surface area contributed by atoms with Gasteiger partial charge in [0.2, 0.25) is 0 Å². The third-order valence-electron chi connectivity index (χ3n) is 2.33. The second-order valence-corrected chi connectivity index (χ2v) is 5.14. The Morgan fingerprint density at radius 2 is 1.62 bits per heavy atom. The SMILES string of the molecule is Clc1cc(C(Cl)c2ccccc2)ccc1Br. The summed E-state index contributed by atoms with van der Waals surface area (Å²) in [7, 11) is 0. The number of benzene rings is 2. The molecule has 0 N–H and O–H groups in total. The zero-order chi connectivity index (χ0) is 11.5. The molecule has 1 unspecified atom stereocenters. The van der Waals surface area contributed by atoms with Crippen molar-refractivity contribution in [3.63, 3.8) is 0 Å². The zero-order valence-corrected chi connectivity index (χ0v) is 11.4. The van der Waals surface area contributed by atoms with E-state index >= 15 is 0 Å². The van der Waals surface area contributed by atoms with E-state index in [1.165, 1.54) is 0 Å². The maximum absolute atomic E-state index is 6.38. The summed E-state index contributed by atoms with van der Waals surface area (Å²) in [6.07, 6.45) is 0. The van der Waals surface area contributed by atoms with Crippen molar-refractivity contribution in [3.8, 4) is 0 Å². The van der Waals surface area contributed by atoms with Crippen molar-refractivity contribution < 1.29 is 0 Å².